The first-order chi connectivity index (χ1) is 11.6. The summed E-state index contributed by atoms with van der Waals surface area (Å²) in [4.78, 5) is 28.8. The second kappa shape index (κ2) is 7.08. The zero-order valence-corrected chi connectivity index (χ0v) is 15.1. The molecule has 0 aliphatic heterocycles. The van der Waals surface area contributed by atoms with E-state index >= 15 is 0 Å². The molecular formula is C17H14IN3O3. The number of esters is 1. The van der Waals surface area contributed by atoms with Crippen LogP contribution in [0.1, 0.15) is 23.0 Å². The summed E-state index contributed by atoms with van der Waals surface area (Å²) in [5.74, 6) is -0.718. The summed E-state index contributed by atoms with van der Waals surface area (Å²) in [6.07, 6.45) is 1.60. The quantitative estimate of drug-likeness (QED) is 0.466. The number of carbonyl (C=O) groups excluding carboxylic acids is 1. The summed E-state index contributed by atoms with van der Waals surface area (Å²) < 4.78 is 7.63. The van der Waals surface area contributed by atoms with Crippen LogP contribution in [-0.2, 0) is 11.3 Å². The van der Waals surface area contributed by atoms with Crippen LogP contribution in [0, 0.1) is 3.57 Å². The highest BCUT2D eigenvalue weighted by Gasteiger charge is 2.19. The molecule has 0 fully saturated rings. The number of fused-ring (bicyclic) bond motifs is 1. The van der Waals surface area contributed by atoms with E-state index in [-0.39, 0.29) is 12.3 Å². The van der Waals surface area contributed by atoms with Gasteiger partial charge in [0.2, 0.25) is 11.1 Å². The zero-order chi connectivity index (χ0) is 17.1. The molecule has 3 rings (SSSR count). The molecule has 0 amide bonds. The van der Waals surface area contributed by atoms with Gasteiger partial charge in [0.25, 0.3) is 0 Å². The monoisotopic (exact) mass is 435 g/mol. The van der Waals surface area contributed by atoms with Crippen LogP contribution in [0.2, 0.25) is 0 Å². The van der Waals surface area contributed by atoms with Gasteiger partial charge in [0, 0.05) is 9.77 Å². The maximum absolute atomic E-state index is 12.5. The average molecular weight is 435 g/mol. The number of rotatable bonds is 4. The molecule has 3 aromatic rings. The van der Waals surface area contributed by atoms with Crippen LogP contribution >= 0.6 is 22.6 Å². The Hall–Kier alpha value is -2.29. The molecule has 0 unspecified atom stereocenters. The van der Waals surface area contributed by atoms with Gasteiger partial charge in [-0.05, 0) is 59.3 Å². The van der Waals surface area contributed by atoms with Crippen molar-refractivity contribution in [1.82, 2.24) is 14.8 Å². The number of pyridine rings is 1. The fourth-order valence-corrected chi connectivity index (χ4v) is 2.69. The van der Waals surface area contributed by atoms with Crippen LogP contribution in [0.5, 0.6) is 0 Å². The van der Waals surface area contributed by atoms with Crippen LogP contribution in [0.4, 0.5) is 0 Å². The molecule has 1 aromatic carbocycles. The van der Waals surface area contributed by atoms with Crippen molar-refractivity contribution < 1.29 is 9.53 Å². The van der Waals surface area contributed by atoms with E-state index in [4.69, 9.17) is 4.74 Å². The summed E-state index contributed by atoms with van der Waals surface area (Å²) in [7, 11) is 0. The molecule has 122 valence electrons. The highest BCUT2D eigenvalue weighted by atomic mass is 127. The number of halogens is 1. The number of hydrogen-bond donors (Lipinski definition) is 0. The third-order valence-electron chi connectivity index (χ3n) is 3.43. The van der Waals surface area contributed by atoms with Crippen molar-refractivity contribution in [2.45, 2.75) is 13.5 Å². The number of nitrogens with zero attached hydrogens (tertiary/aromatic N) is 3. The van der Waals surface area contributed by atoms with Crippen molar-refractivity contribution in [1.29, 1.82) is 0 Å². The van der Waals surface area contributed by atoms with Gasteiger partial charge in [-0.25, -0.2) is 14.5 Å². The number of aromatic nitrogens is 3. The van der Waals surface area contributed by atoms with E-state index in [0.717, 1.165) is 9.13 Å². The molecule has 0 bridgehead atoms. The van der Waals surface area contributed by atoms with E-state index in [1.807, 2.05) is 24.3 Å². The lowest BCUT2D eigenvalue weighted by Gasteiger charge is -2.11. The fourth-order valence-electron chi connectivity index (χ4n) is 2.33. The van der Waals surface area contributed by atoms with Crippen molar-refractivity contribution in [2.24, 2.45) is 0 Å². The molecule has 0 N–H and O–H groups in total. The Morgan fingerprint density at radius 3 is 2.71 bits per heavy atom. The first kappa shape index (κ1) is 16.6. The van der Waals surface area contributed by atoms with Gasteiger partial charge in [-0.15, -0.1) is 0 Å². The topological polar surface area (TPSA) is 74.1 Å². The van der Waals surface area contributed by atoms with E-state index in [9.17, 15) is 9.59 Å². The second-order valence-electron chi connectivity index (χ2n) is 5.06. The molecule has 6 nitrogen and oxygen atoms in total. The van der Waals surface area contributed by atoms with Crippen molar-refractivity contribution in [3.05, 3.63) is 67.6 Å². The maximum atomic E-state index is 12.5. The molecule has 0 aliphatic rings. The molecule has 7 heteroatoms. The van der Waals surface area contributed by atoms with Crippen LogP contribution in [0.3, 0.4) is 0 Å². The molecule has 0 spiro atoms. The van der Waals surface area contributed by atoms with E-state index in [1.165, 1.54) is 0 Å². The summed E-state index contributed by atoms with van der Waals surface area (Å²) in [5, 5.41) is 4.55. The minimum absolute atomic E-state index is 0.183. The lowest BCUT2D eigenvalue weighted by atomic mass is 10.2. The minimum Gasteiger partial charge on any atom is -0.461 e. The van der Waals surface area contributed by atoms with Crippen LogP contribution in [-0.4, -0.2) is 27.3 Å². The highest BCUT2D eigenvalue weighted by molar-refractivity contribution is 14.1. The molecule has 0 saturated heterocycles. The summed E-state index contributed by atoms with van der Waals surface area (Å²) in [6, 6.07) is 11.2. The Labute approximate surface area is 151 Å². The Morgan fingerprint density at radius 2 is 2.00 bits per heavy atom. The van der Waals surface area contributed by atoms with Gasteiger partial charge in [0.1, 0.15) is 0 Å². The summed E-state index contributed by atoms with van der Waals surface area (Å²) in [5.41, 5.74) is 0.751. The lowest BCUT2D eigenvalue weighted by Crippen LogP contribution is -2.25. The van der Waals surface area contributed by atoms with E-state index in [2.05, 4.69) is 32.7 Å². The van der Waals surface area contributed by atoms with Crippen molar-refractivity contribution in [3.8, 4) is 0 Å². The fraction of sp³-hybridized carbons (Fsp3) is 0.176. The summed E-state index contributed by atoms with van der Waals surface area (Å²) in [6.45, 7) is 2.27. The zero-order valence-electron chi connectivity index (χ0n) is 12.9. The van der Waals surface area contributed by atoms with Gasteiger partial charge in [0.05, 0.1) is 18.5 Å². The molecule has 0 atom stereocenters. The van der Waals surface area contributed by atoms with Crippen LogP contribution in [0.25, 0.3) is 11.0 Å². The highest BCUT2D eigenvalue weighted by Crippen LogP contribution is 2.12. The van der Waals surface area contributed by atoms with E-state index < -0.39 is 11.4 Å². The number of hydrogen-bond acceptors (Lipinski definition) is 5. The van der Waals surface area contributed by atoms with Crippen molar-refractivity contribution in [2.75, 3.05) is 6.61 Å². The van der Waals surface area contributed by atoms with Crippen molar-refractivity contribution >= 4 is 39.6 Å². The molecule has 2 heterocycles. The predicted molar refractivity (Wildman–Crippen MR) is 98.0 cm³/mol. The Bertz CT molecular complexity index is 951. The Balaban J connectivity index is 2.15. The number of benzene rings is 1. The van der Waals surface area contributed by atoms with Gasteiger partial charge in [0.15, 0.2) is 5.65 Å². The van der Waals surface area contributed by atoms with Crippen LogP contribution in [0.15, 0.2) is 47.4 Å². The third-order valence-corrected chi connectivity index (χ3v) is 4.15. The first-order valence-electron chi connectivity index (χ1n) is 7.37. The third kappa shape index (κ3) is 3.30. The number of carbonyl (C=O) groups is 1. The second-order valence-corrected chi connectivity index (χ2v) is 6.30. The molecule has 2 aromatic heterocycles. The molecule has 0 aliphatic carbocycles. The smallest absolute Gasteiger partial charge is 0.362 e. The summed E-state index contributed by atoms with van der Waals surface area (Å²) >= 11 is 2.23. The van der Waals surface area contributed by atoms with Crippen molar-refractivity contribution in [3.63, 3.8) is 0 Å². The van der Waals surface area contributed by atoms with E-state index in [1.54, 1.807) is 29.9 Å². The van der Waals surface area contributed by atoms with Gasteiger partial charge < -0.3 is 4.74 Å². The standard InChI is InChI=1S/C17H14IN3O3/c1-2-24-17(23)14-15(22)13-4-3-9-19-16(13)21(20-14)10-11-5-7-12(18)8-6-11/h3-9H,2,10H2,1H3. The normalized spacial score (nSPS) is 10.8. The molecule has 0 radical (unpaired) electrons. The Morgan fingerprint density at radius 1 is 1.25 bits per heavy atom. The van der Waals surface area contributed by atoms with Gasteiger partial charge in [-0.2, -0.15) is 5.10 Å². The van der Waals surface area contributed by atoms with Gasteiger partial charge in [-0.3, -0.25) is 4.79 Å². The molecule has 0 saturated carbocycles. The van der Waals surface area contributed by atoms with Crippen LogP contribution < -0.4 is 5.43 Å². The van der Waals surface area contributed by atoms with Gasteiger partial charge >= 0.3 is 5.97 Å². The molecular weight excluding hydrogens is 421 g/mol. The van der Waals surface area contributed by atoms with Gasteiger partial charge in [-0.1, -0.05) is 12.1 Å². The minimum atomic E-state index is -0.718. The number of ether oxygens (including phenoxy) is 1. The maximum Gasteiger partial charge on any atom is 0.362 e. The SMILES string of the molecule is CCOC(=O)c1nn(Cc2ccc(I)cc2)c2ncccc2c1=O. The molecule has 24 heavy (non-hydrogen) atoms. The van der Waals surface area contributed by atoms with E-state index in [0.29, 0.717) is 17.6 Å². The first-order valence-corrected chi connectivity index (χ1v) is 8.45. The lowest BCUT2D eigenvalue weighted by molar-refractivity contribution is 0.0515. The predicted octanol–water partition coefficient (Wildman–Crippen LogP) is 2.62. The largest absolute Gasteiger partial charge is 0.461 e. The average Bonchev–Trinajstić information content (AvgIpc) is 2.59. The Kier molecular flexibility index (Phi) is 4.89.